The molecule has 0 aromatic heterocycles. The van der Waals surface area contributed by atoms with Gasteiger partial charge in [-0.3, -0.25) is 4.79 Å². The minimum absolute atomic E-state index is 0.0130. The van der Waals surface area contributed by atoms with Crippen molar-refractivity contribution in [1.82, 2.24) is 0 Å². The predicted molar refractivity (Wildman–Crippen MR) is 72.4 cm³/mol. The van der Waals surface area contributed by atoms with Crippen LogP contribution in [0.1, 0.15) is 32.6 Å². The number of nitrogens with one attached hydrogen (secondary N) is 2. The van der Waals surface area contributed by atoms with Crippen molar-refractivity contribution in [3.05, 3.63) is 24.3 Å². The number of hydrogen-bond donors (Lipinski definition) is 3. The van der Waals surface area contributed by atoms with E-state index in [0.29, 0.717) is 17.8 Å². The van der Waals surface area contributed by atoms with Crippen LogP contribution in [0, 0.1) is 0 Å². The topological polar surface area (TPSA) is 84.2 Å². The van der Waals surface area contributed by atoms with Crippen molar-refractivity contribution in [1.29, 1.82) is 0 Å². The third-order valence-corrected chi connectivity index (χ3v) is 2.44. The van der Waals surface area contributed by atoms with Gasteiger partial charge >= 0.3 is 6.03 Å². The molecule has 5 nitrogen and oxygen atoms in total. The summed E-state index contributed by atoms with van der Waals surface area (Å²) < 4.78 is 0. The summed E-state index contributed by atoms with van der Waals surface area (Å²) in [5, 5.41) is 5.25. The van der Waals surface area contributed by atoms with Crippen LogP contribution >= 0.6 is 0 Å². The second-order valence-electron chi connectivity index (χ2n) is 4.07. The number of amides is 3. The van der Waals surface area contributed by atoms with Gasteiger partial charge in [0.05, 0.1) is 0 Å². The molecule has 0 heterocycles. The van der Waals surface area contributed by atoms with E-state index in [1.165, 1.54) is 0 Å². The molecular formula is C13H19N3O2. The maximum Gasteiger partial charge on any atom is 0.316 e. The predicted octanol–water partition coefficient (Wildman–Crippen LogP) is 2.70. The standard InChI is InChI=1S/C13H19N3O2/c1-2-3-4-5-12(17)15-10-6-8-11(9-7-10)16-13(14)18/h6-9H,2-5H2,1H3,(H,15,17)(H3,14,16,18). The highest BCUT2D eigenvalue weighted by atomic mass is 16.2. The lowest BCUT2D eigenvalue weighted by Gasteiger charge is -2.06. The lowest BCUT2D eigenvalue weighted by Crippen LogP contribution is -2.19. The molecule has 0 aliphatic heterocycles. The van der Waals surface area contributed by atoms with Gasteiger partial charge in [-0.2, -0.15) is 0 Å². The number of unbranched alkanes of at least 4 members (excludes halogenated alkanes) is 2. The van der Waals surface area contributed by atoms with Crippen molar-refractivity contribution in [3.63, 3.8) is 0 Å². The van der Waals surface area contributed by atoms with Crippen molar-refractivity contribution >= 4 is 23.3 Å². The summed E-state index contributed by atoms with van der Waals surface area (Å²) in [7, 11) is 0. The quantitative estimate of drug-likeness (QED) is 0.677. The van der Waals surface area contributed by atoms with Crippen molar-refractivity contribution in [2.75, 3.05) is 10.6 Å². The summed E-state index contributed by atoms with van der Waals surface area (Å²) in [5.74, 6) is 0.0130. The fourth-order valence-electron chi connectivity index (χ4n) is 1.54. The molecule has 0 unspecified atom stereocenters. The monoisotopic (exact) mass is 249 g/mol. The van der Waals surface area contributed by atoms with Gasteiger partial charge in [-0.05, 0) is 30.7 Å². The van der Waals surface area contributed by atoms with Crippen LogP contribution in [0.5, 0.6) is 0 Å². The zero-order valence-corrected chi connectivity index (χ0v) is 10.5. The van der Waals surface area contributed by atoms with Crippen molar-refractivity contribution in [2.24, 2.45) is 5.73 Å². The number of nitrogens with two attached hydrogens (primary N) is 1. The Morgan fingerprint density at radius 3 is 2.11 bits per heavy atom. The van der Waals surface area contributed by atoms with Gasteiger partial charge in [0, 0.05) is 17.8 Å². The van der Waals surface area contributed by atoms with Gasteiger partial charge in [0.15, 0.2) is 0 Å². The number of urea groups is 1. The molecule has 0 fully saturated rings. The minimum atomic E-state index is -0.605. The number of benzene rings is 1. The van der Waals surface area contributed by atoms with E-state index in [9.17, 15) is 9.59 Å². The van der Waals surface area contributed by atoms with E-state index >= 15 is 0 Å². The summed E-state index contributed by atoms with van der Waals surface area (Å²) in [6.07, 6.45) is 3.61. The molecule has 0 spiro atoms. The third-order valence-electron chi connectivity index (χ3n) is 2.44. The van der Waals surface area contributed by atoms with Crippen LogP contribution in [0.2, 0.25) is 0 Å². The molecule has 3 amide bonds. The zero-order valence-electron chi connectivity index (χ0n) is 10.5. The van der Waals surface area contributed by atoms with E-state index in [-0.39, 0.29) is 5.91 Å². The van der Waals surface area contributed by atoms with Gasteiger partial charge in [-0.25, -0.2) is 4.79 Å². The minimum Gasteiger partial charge on any atom is -0.351 e. The normalized spacial score (nSPS) is 9.83. The van der Waals surface area contributed by atoms with Gasteiger partial charge in [-0.15, -0.1) is 0 Å². The maximum atomic E-state index is 11.5. The van der Waals surface area contributed by atoms with Crippen LogP contribution < -0.4 is 16.4 Å². The van der Waals surface area contributed by atoms with E-state index in [1.807, 2.05) is 0 Å². The Morgan fingerprint density at radius 2 is 1.61 bits per heavy atom. The zero-order chi connectivity index (χ0) is 13.4. The number of carbonyl (C=O) groups is 2. The highest BCUT2D eigenvalue weighted by Crippen LogP contribution is 2.14. The lowest BCUT2D eigenvalue weighted by molar-refractivity contribution is -0.116. The lowest BCUT2D eigenvalue weighted by atomic mass is 10.2. The largest absolute Gasteiger partial charge is 0.351 e. The highest BCUT2D eigenvalue weighted by molar-refractivity contribution is 5.91. The first kappa shape index (κ1) is 14.0. The molecule has 4 N–H and O–H groups in total. The van der Waals surface area contributed by atoms with E-state index in [4.69, 9.17) is 5.73 Å². The first-order valence-corrected chi connectivity index (χ1v) is 6.08. The summed E-state index contributed by atoms with van der Waals surface area (Å²) in [6, 6.07) is 6.22. The van der Waals surface area contributed by atoms with Crippen LogP contribution in [0.25, 0.3) is 0 Å². The number of rotatable bonds is 6. The maximum absolute atomic E-state index is 11.5. The molecule has 1 aromatic rings. The van der Waals surface area contributed by atoms with E-state index < -0.39 is 6.03 Å². The Kier molecular flexibility index (Phi) is 5.70. The fourth-order valence-corrected chi connectivity index (χ4v) is 1.54. The van der Waals surface area contributed by atoms with Crippen LogP contribution in [-0.2, 0) is 4.79 Å². The average Bonchev–Trinajstić information content (AvgIpc) is 2.31. The molecule has 0 saturated heterocycles. The molecular weight excluding hydrogens is 230 g/mol. The fraction of sp³-hybridized carbons (Fsp3) is 0.385. The van der Waals surface area contributed by atoms with Crippen molar-refractivity contribution in [3.8, 4) is 0 Å². The first-order valence-electron chi connectivity index (χ1n) is 6.08. The van der Waals surface area contributed by atoms with Gasteiger partial charge in [-0.1, -0.05) is 19.8 Å². The van der Waals surface area contributed by atoms with Crippen LogP contribution in [0.3, 0.4) is 0 Å². The average molecular weight is 249 g/mol. The molecule has 1 rings (SSSR count). The Bertz CT molecular complexity index is 401. The Balaban J connectivity index is 2.43. The van der Waals surface area contributed by atoms with Gasteiger partial charge < -0.3 is 16.4 Å². The molecule has 0 radical (unpaired) electrons. The van der Waals surface area contributed by atoms with E-state index in [2.05, 4.69) is 17.6 Å². The van der Waals surface area contributed by atoms with Crippen LogP contribution in [0.4, 0.5) is 16.2 Å². The van der Waals surface area contributed by atoms with E-state index in [0.717, 1.165) is 19.3 Å². The number of primary amides is 1. The second kappa shape index (κ2) is 7.32. The Hall–Kier alpha value is -2.04. The Morgan fingerprint density at radius 1 is 1.06 bits per heavy atom. The van der Waals surface area contributed by atoms with Gasteiger partial charge in [0.1, 0.15) is 0 Å². The summed E-state index contributed by atoms with van der Waals surface area (Å²) in [6.45, 7) is 2.10. The molecule has 0 saturated carbocycles. The Labute approximate surface area is 107 Å². The molecule has 1 aromatic carbocycles. The molecule has 98 valence electrons. The summed E-state index contributed by atoms with van der Waals surface area (Å²) in [5.41, 5.74) is 6.31. The highest BCUT2D eigenvalue weighted by Gasteiger charge is 2.02. The molecule has 0 aliphatic carbocycles. The summed E-state index contributed by atoms with van der Waals surface area (Å²) in [4.78, 5) is 22.2. The van der Waals surface area contributed by atoms with E-state index in [1.54, 1.807) is 24.3 Å². The number of anilines is 2. The smallest absolute Gasteiger partial charge is 0.316 e. The first-order chi connectivity index (χ1) is 8.61. The molecule has 5 heteroatoms. The third kappa shape index (κ3) is 5.34. The number of carbonyl (C=O) groups excluding carboxylic acids is 2. The molecule has 0 aliphatic rings. The van der Waals surface area contributed by atoms with Gasteiger partial charge in [0.25, 0.3) is 0 Å². The van der Waals surface area contributed by atoms with Crippen LogP contribution in [-0.4, -0.2) is 11.9 Å². The van der Waals surface area contributed by atoms with Crippen molar-refractivity contribution < 1.29 is 9.59 Å². The van der Waals surface area contributed by atoms with Crippen LogP contribution in [0.15, 0.2) is 24.3 Å². The molecule has 0 bridgehead atoms. The summed E-state index contributed by atoms with van der Waals surface area (Å²) >= 11 is 0. The molecule has 0 atom stereocenters. The second-order valence-corrected chi connectivity index (χ2v) is 4.07. The molecule has 18 heavy (non-hydrogen) atoms. The number of hydrogen-bond acceptors (Lipinski definition) is 2. The van der Waals surface area contributed by atoms with Crippen molar-refractivity contribution in [2.45, 2.75) is 32.6 Å². The SMILES string of the molecule is CCCCCC(=O)Nc1ccc(NC(N)=O)cc1. The van der Waals surface area contributed by atoms with Gasteiger partial charge in [0.2, 0.25) is 5.91 Å².